The van der Waals surface area contributed by atoms with Crippen LogP contribution in [0.4, 0.5) is 0 Å². The van der Waals surface area contributed by atoms with Crippen LogP contribution in [-0.2, 0) is 16.6 Å². The fourth-order valence-corrected chi connectivity index (χ4v) is 2.89. The second kappa shape index (κ2) is 7.13. The lowest BCUT2D eigenvalue weighted by Crippen LogP contribution is -2.11. The summed E-state index contributed by atoms with van der Waals surface area (Å²) in [6.07, 6.45) is 6.53. The van der Waals surface area contributed by atoms with E-state index in [1.165, 1.54) is 0 Å². The van der Waals surface area contributed by atoms with Crippen molar-refractivity contribution < 1.29 is 8.42 Å². The van der Waals surface area contributed by atoms with Gasteiger partial charge in [0.25, 0.3) is 10.0 Å². The minimum absolute atomic E-state index is 0.132. The predicted molar refractivity (Wildman–Crippen MR) is 88.0 cm³/mol. The van der Waals surface area contributed by atoms with Crippen molar-refractivity contribution >= 4 is 21.6 Å². The average molecular weight is 315 g/mol. The van der Waals surface area contributed by atoms with Gasteiger partial charge in [0.15, 0.2) is 0 Å². The maximum Gasteiger partial charge on any atom is 0.282 e. The van der Waals surface area contributed by atoms with Gasteiger partial charge < -0.3 is 5.32 Å². The number of benzene rings is 1. The average Bonchev–Trinajstić information content (AvgIpc) is 2.53. The zero-order chi connectivity index (χ0) is 16.0. The molecule has 0 saturated heterocycles. The third kappa shape index (κ3) is 3.89. The quantitative estimate of drug-likeness (QED) is 0.817. The molecule has 0 aliphatic heterocycles. The summed E-state index contributed by atoms with van der Waals surface area (Å²) in [5, 5.41) is 10.4. The molecule has 1 aromatic carbocycles. The molecule has 1 aliphatic rings. The fourth-order valence-electron chi connectivity index (χ4n) is 1.89. The van der Waals surface area contributed by atoms with E-state index in [-0.39, 0.29) is 10.6 Å². The highest BCUT2D eigenvalue weighted by atomic mass is 32.2. The first-order valence-corrected chi connectivity index (χ1v) is 8.30. The minimum Gasteiger partial charge on any atom is -0.313 e. The second-order valence-electron chi connectivity index (χ2n) is 4.63. The molecule has 2 rings (SSSR count). The first-order valence-electron chi connectivity index (χ1n) is 6.86. The Kier molecular flexibility index (Phi) is 5.22. The maximum atomic E-state index is 12.3. The van der Waals surface area contributed by atoms with E-state index >= 15 is 0 Å². The highest BCUT2D eigenvalue weighted by Crippen LogP contribution is 2.16. The zero-order valence-corrected chi connectivity index (χ0v) is 13.0. The van der Waals surface area contributed by atoms with Crippen LogP contribution in [0.5, 0.6) is 0 Å². The normalized spacial score (nSPS) is 16.0. The lowest BCUT2D eigenvalue weighted by atomic mass is 10.1. The third-order valence-electron chi connectivity index (χ3n) is 3.06. The van der Waals surface area contributed by atoms with Crippen molar-refractivity contribution in [2.75, 3.05) is 6.54 Å². The summed E-state index contributed by atoms with van der Waals surface area (Å²) in [4.78, 5) is 0.132. The lowest BCUT2D eigenvalue weighted by molar-refractivity contribution is 0.598. The van der Waals surface area contributed by atoms with Crippen molar-refractivity contribution in [3.8, 4) is 0 Å². The van der Waals surface area contributed by atoms with Gasteiger partial charge in [0.05, 0.1) is 16.2 Å². The SMILES string of the molecule is CCNCc1ccc(S(=O)(=O)/N=C2/C=CC=CC2=C=N)cc1. The highest BCUT2D eigenvalue weighted by Gasteiger charge is 2.15. The number of nitrogens with one attached hydrogen (secondary N) is 2. The summed E-state index contributed by atoms with van der Waals surface area (Å²) in [6, 6.07) is 6.61. The molecule has 0 fully saturated rings. The number of rotatable bonds is 5. The Balaban J connectivity index is 2.29. The molecule has 1 aliphatic carbocycles. The summed E-state index contributed by atoms with van der Waals surface area (Å²) in [5.74, 6) is 2.19. The van der Waals surface area contributed by atoms with Crippen molar-refractivity contribution in [1.29, 1.82) is 5.41 Å². The van der Waals surface area contributed by atoms with Crippen molar-refractivity contribution in [2.24, 2.45) is 4.40 Å². The number of nitrogens with zero attached hydrogens (tertiary/aromatic N) is 1. The summed E-state index contributed by atoms with van der Waals surface area (Å²) >= 11 is 0. The van der Waals surface area contributed by atoms with Gasteiger partial charge in [-0.2, -0.15) is 12.8 Å². The molecule has 22 heavy (non-hydrogen) atoms. The van der Waals surface area contributed by atoms with E-state index in [2.05, 4.69) is 15.6 Å². The van der Waals surface area contributed by atoms with E-state index in [0.29, 0.717) is 12.1 Å². The Bertz CT molecular complexity index is 781. The van der Waals surface area contributed by atoms with Crippen LogP contribution in [0.25, 0.3) is 0 Å². The maximum absolute atomic E-state index is 12.3. The Hall–Kier alpha value is -2.27. The van der Waals surface area contributed by atoms with Crippen LogP contribution >= 0.6 is 0 Å². The predicted octanol–water partition coefficient (Wildman–Crippen LogP) is 2.23. The molecule has 0 atom stereocenters. The largest absolute Gasteiger partial charge is 0.313 e. The molecule has 0 radical (unpaired) electrons. The second-order valence-corrected chi connectivity index (χ2v) is 6.24. The summed E-state index contributed by atoms with van der Waals surface area (Å²) in [7, 11) is -3.80. The summed E-state index contributed by atoms with van der Waals surface area (Å²) in [5.41, 5.74) is 1.57. The molecule has 1 aromatic rings. The molecule has 0 unspecified atom stereocenters. The molecule has 0 spiro atoms. The van der Waals surface area contributed by atoms with Gasteiger partial charge >= 0.3 is 0 Å². The zero-order valence-electron chi connectivity index (χ0n) is 12.2. The van der Waals surface area contributed by atoms with Crippen LogP contribution in [0.3, 0.4) is 0 Å². The first-order chi connectivity index (χ1) is 10.6. The van der Waals surface area contributed by atoms with Gasteiger partial charge in [0.2, 0.25) is 0 Å². The number of allylic oxidation sites excluding steroid dienone is 5. The van der Waals surface area contributed by atoms with Gasteiger partial charge in [-0.15, -0.1) is 0 Å². The molecule has 6 heteroatoms. The van der Waals surface area contributed by atoms with Gasteiger partial charge in [-0.25, -0.2) is 0 Å². The van der Waals surface area contributed by atoms with Crippen molar-refractivity contribution in [3.05, 3.63) is 59.7 Å². The lowest BCUT2D eigenvalue weighted by Gasteiger charge is -2.06. The number of hydrogen-bond donors (Lipinski definition) is 2. The molecule has 2 N–H and O–H groups in total. The molecular weight excluding hydrogens is 298 g/mol. The van der Waals surface area contributed by atoms with E-state index in [1.807, 2.05) is 6.92 Å². The molecule has 5 nitrogen and oxygen atoms in total. The van der Waals surface area contributed by atoms with Crippen molar-refractivity contribution in [3.63, 3.8) is 0 Å². The van der Waals surface area contributed by atoms with E-state index in [1.54, 1.807) is 48.6 Å². The number of hydrogen-bond acceptors (Lipinski definition) is 4. The standard InChI is InChI=1S/C16H17N3O2S/c1-2-18-12-13-7-9-15(10-8-13)22(20,21)19-16-6-4-3-5-14(16)11-17/h3-10,17-18H,2,12H2,1H3/b19-16-. The van der Waals surface area contributed by atoms with Gasteiger partial charge in [0.1, 0.15) is 0 Å². The Morgan fingerprint density at radius 3 is 2.50 bits per heavy atom. The van der Waals surface area contributed by atoms with E-state index in [9.17, 15) is 8.42 Å². The topological polar surface area (TPSA) is 82.4 Å². The molecular formula is C16H17N3O2S. The summed E-state index contributed by atoms with van der Waals surface area (Å²) in [6.45, 7) is 3.56. The van der Waals surface area contributed by atoms with Crippen LogP contribution in [0.1, 0.15) is 12.5 Å². The van der Waals surface area contributed by atoms with E-state index in [4.69, 9.17) is 5.41 Å². The molecule has 0 heterocycles. The highest BCUT2D eigenvalue weighted by molar-refractivity contribution is 7.90. The van der Waals surface area contributed by atoms with Crippen LogP contribution < -0.4 is 5.32 Å². The fraction of sp³-hybridized carbons (Fsp3) is 0.188. The van der Waals surface area contributed by atoms with Crippen LogP contribution in [0.15, 0.2) is 63.4 Å². The van der Waals surface area contributed by atoms with Crippen LogP contribution in [0, 0.1) is 5.41 Å². The first kappa shape index (κ1) is 16.1. The van der Waals surface area contributed by atoms with Gasteiger partial charge in [0, 0.05) is 6.54 Å². The van der Waals surface area contributed by atoms with E-state index < -0.39 is 10.0 Å². The Morgan fingerprint density at radius 2 is 1.86 bits per heavy atom. The van der Waals surface area contributed by atoms with Gasteiger partial charge in [-0.1, -0.05) is 31.2 Å². The van der Waals surface area contributed by atoms with Crippen molar-refractivity contribution in [1.82, 2.24) is 5.32 Å². The van der Waals surface area contributed by atoms with E-state index in [0.717, 1.165) is 12.1 Å². The summed E-state index contributed by atoms with van der Waals surface area (Å²) < 4.78 is 28.4. The molecule has 0 saturated carbocycles. The van der Waals surface area contributed by atoms with Crippen LogP contribution in [-0.4, -0.2) is 26.5 Å². The van der Waals surface area contributed by atoms with Gasteiger partial charge in [-0.05, 0) is 42.3 Å². The molecule has 0 aromatic heterocycles. The third-order valence-corrected chi connectivity index (χ3v) is 4.36. The Labute approximate surface area is 130 Å². The monoisotopic (exact) mass is 315 g/mol. The van der Waals surface area contributed by atoms with Gasteiger partial charge in [-0.3, -0.25) is 5.41 Å². The molecule has 0 amide bonds. The van der Waals surface area contributed by atoms with Crippen molar-refractivity contribution in [2.45, 2.75) is 18.4 Å². The smallest absolute Gasteiger partial charge is 0.282 e. The minimum atomic E-state index is -3.80. The Morgan fingerprint density at radius 1 is 1.18 bits per heavy atom. The molecule has 0 bridgehead atoms. The van der Waals surface area contributed by atoms with Crippen LogP contribution in [0.2, 0.25) is 0 Å². The molecule has 114 valence electrons. The number of sulfonamides is 1.